The van der Waals surface area contributed by atoms with Crippen molar-refractivity contribution in [2.75, 3.05) is 13.7 Å². The number of nitrogens with one attached hydrogen (secondary N) is 1. The zero-order valence-corrected chi connectivity index (χ0v) is 12.0. The van der Waals surface area contributed by atoms with E-state index in [4.69, 9.17) is 4.74 Å². The molecule has 4 heteroatoms. The zero-order chi connectivity index (χ0) is 13.8. The van der Waals surface area contributed by atoms with Crippen LogP contribution in [0.3, 0.4) is 0 Å². The van der Waals surface area contributed by atoms with Crippen LogP contribution in [0.5, 0.6) is 5.75 Å². The molecule has 0 fully saturated rings. The molecule has 0 radical (unpaired) electrons. The van der Waals surface area contributed by atoms with Gasteiger partial charge in [-0.3, -0.25) is 4.68 Å². The minimum absolute atomic E-state index is 0.157. The Bertz CT molecular complexity index is 531. The minimum atomic E-state index is 0.157. The maximum atomic E-state index is 5.47. The molecule has 19 heavy (non-hydrogen) atoms. The van der Waals surface area contributed by atoms with Crippen LogP contribution in [0.1, 0.15) is 29.8 Å². The smallest absolute Gasteiger partial charge is 0.119 e. The Morgan fingerprint density at radius 1 is 1.32 bits per heavy atom. The van der Waals surface area contributed by atoms with Gasteiger partial charge < -0.3 is 10.1 Å². The number of nitrogens with zero attached hydrogens (tertiary/aromatic N) is 2. The van der Waals surface area contributed by atoms with Gasteiger partial charge in [-0.05, 0) is 38.6 Å². The number of rotatable bonds is 5. The van der Waals surface area contributed by atoms with Crippen molar-refractivity contribution in [3.8, 4) is 5.75 Å². The van der Waals surface area contributed by atoms with Crippen molar-refractivity contribution < 1.29 is 4.74 Å². The van der Waals surface area contributed by atoms with Crippen LogP contribution < -0.4 is 10.1 Å². The van der Waals surface area contributed by atoms with Gasteiger partial charge in [-0.25, -0.2) is 0 Å². The molecule has 0 aliphatic heterocycles. The lowest BCUT2D eigenvalue weighted by atomic mass is 9.99. The highest BCUT2D eigenvalue weighted by Gasteiger charge is 2.16. The molecule has 1 heterocycles. The monoisotopic (exact) mass is 259 g/mol. The molecule has 1 N–H and O–H groups in total. The van der Waals surface area contributed by atoms with E-state index in [2.05, 4.69) is 28.7 Å². The summed E-state index contributed by atoms with van der Waals surface area (Å²) in [5, 5.41) is 7.75. The van der Waals surface area contributed by atoms with Crippen LogP contribution in [0, 0.1) is 6.92 Å². The third-order valence-corrected chi connectivity index (χ3v) is 3.18. The largest absolute Gasteiger partial charge is 0.494 e. The summed E-state index contributed by atoms with van der Waals surface area (Å²) in [4.78, 5) is 0. The average Bonchev–Trinajstić information content (AvgIpc) is 2.72. The minimum Gasteiger partial charge on any atom is -0.494 e. The standard InChI is InChI=1S/C15H21N3O/c1-5-19-13-8-6-12(7-9-13)15(16-3)14-10-18(4)17-11(14)2/h6-10,15-16H,5H2,1-4H3. The molecule has 0 saturated carbocycles. The first kappa shape index (κ1) is 13.6. The Labute approximate surface area is 114 Å². The molecule has 0 aliphatic rings. The Morgan fingerprint density at radius 3 is 2.47 bits per heavy atom. The van der Waals surface area contributed by atoms with Gasteiger partial charge in [0.25, 0.3) is 0 Å². The molecule has 0 saturated heterocycles. The normalized spacial score (nSPS) is 12.4. The first-order chi connectivity index (χ1) is 9.15. The lowest BCUT2D eigenvalue weighted by Gasteiger charge is -2.16. The molecule has 4 nitrogen and oxygen atoms in total. The number of hydrogen-bond acceptors (Lipinski definition) is 3. The molecule has 0 amide bonds. The Kier molecular flexibility index (Phi) is 4.22. The Hall–Kier alpha value is -1.81. The van der Waals surface area contributed by atoms with Gasteiger partial charge >= 0.3 is 0 Å². The molecule has 0 spiro atoms. The molecular formula is C15H21N3O. The van der Waals surface area contributed by atoms with Crippen LogP contribution in [0.4, 0.5) is 0 Å². The van der Waals surface area contributed by atoms with Gasteiger partial charge in [0, 0.05) is 18.8 Å². The summed E-state index contributed by atoms with van der Waals surface area (Å²) in [7, 11) is 3.91. The van der Waals surface area contributed by atoms with Crippen molar-refractivity contribution in [1.82, 2.24) is 15.1 Å². The molecule has 1 unspecified atom stereocenters. The van der Waals surface area contributed by atoms with Gasteiger partial charge in [0.15, 0.2) is 0 Å². The van der Waals surface area contributed by atoms with Crippen LogP contribution >= 0.6 is 0 Å². The van der Waals surface area contributed by atoms with Crippen LogP contribution in [-0.2, 0) is 7.05 Å². The molecule has 2 aromatic rings. The quantitative estimate of drug-likeness (QED) is 0.896. The average molecular weight is 259 g/mol. The highest BCUT2D eigenvalue weighted by Crippen LogP contribution is 2.25. The SMILES string of the molecule is CCOc1ccc(C(NC)c2cn(C)nc2C)cc1. The van der Waals surface area contributed by atoms with Crippen molar-refractivity contribution in [2.45, 2.75) is 19.9 Å². The van der Waals surface area contributed by atoms with E-state index >= 15 is 0 Å². The number of hydrogen-bond donors (Lipinski definition) is 1. The van der Waals surface area contributed by atoms with E-state index in [9.17, 15) is 0 Å². The second-order valence-electron chi connectivity index (χ2n) is 4.57. The van der Waals surface area contributed by atoms with Crippen LogP contribution in [0.15, 0.2) is 30.5 Å². The fourth-order valence-corrected chi connectivity index (χ4v) is 2.33. The van der Waals surface area contributed by atoms with E-state index < -0.39 is 0 Å². The predicted octanol–water partition coefficient (Wildman–Crippen LogP) is 2.44. The number of aryl methyl sites for hydroxylation is 2. The number of aromatic nitrogens is 2. The lowest BCUT2D eigenvalue weighted by molar-refractivity contribution is 0.340. The first-order valence-corrected chi connectivity index (χ1v) is 6.55. The topological polar surface area (TPSA) is 39.1 Å². The lowest BCUT2D eigenvalue weighted by Crippen LogP contribution is -2.18. The third kappa shape index (κ3) is 2.96. The van der Waals surface area contributed by atoms with E-state index in [-0.39, 0.29) is 6.04 Å². The van der Waals surface area contributed by atoms with Crippen molar-refractivity contribution in [1.29, 1.82) is 0 Å². The predicted molar refractivity (Wildman–Crippen MR) is 76.5 cm³/mol. The highest BCUT2D eigenvalue weighted by molar-refractivity contribution is 5.36. The summed E-state index contributed by atoms with van der Waals surface area (Å²) in [5.41, 5.74) is 3.46. The van der Waals surface area contributed by atoms with E-state index in [1.165, 1.54) is 11.1 Å². The maximum Gasteiger partial charge on any atom is 0.119 e. The number of benzene rings is 1. The molecular weight excluding hydrogens is 238 g/mol. The van der Waals surface area contributed by atoms with Gasteiger partial charge in [-0.2, -0.15) is 5.10 Å². The molecule has 0 aliphatic carbocycles. The van der Waals surface area contributed by atoms with Crippen molar-refractivity contribution in [2.24, 2.45) is 7.05 Å². The maximum absolute atomic E-state index is 5.47. The summed E-state index contributed by atoms with van der Waals surface area (Å²) < 4.78 is 7.32. The van der Waals surface area contributed by atoms with Crippen molar-refractivity contribution in [3.63, 3.8) is 0 Å². The van der Waals surface area contributed by atoms with Crippen molar-refractivity contribution in [3.05, 3.63) is 47.3 Å². The summed E-state index contributed by atoms with van der Waals surface area (Å²) in [6.45, 7) is 4.72. The third-order valence-electron chi connectivity index (χ3n) is 3.18. The van der Waals surface area contributed by atoms with E-state index in [1.54, 1.807) is 0 Å². The molecule has 1 atom stereocenters. The summed E-state index contributed by atoms with van der Waals surface area (Å²) in [6.07, 6.45) is 2.06. The summed E-state index contributed by atoms with van der Waals surface area (Å²) in [6, 6.07) is 8.37. The molecule has 1 aromatic heterocycles. The zero-order valence-electron chi connectivity index (χ0n) is 12.0. The van der Waals surface area contributed by atoms with Crippen LogP contribution in [-0.4, -0.2) is 23.4 Å². The summed E-state index contributed by atoms with van der Waals surface area (Å²) in [5.74, 6) is 0.906. The Morgan fingerprint density at radius 2 is 2.00 bits per heavy atom. The molecule has 0 bridgehead atoms. The van der Waals surface area contributed by atoms with Crippen molar-refractivity contribution >= 4 is 0 Å². The highest BCUT2D eigenvalue weighted by atomic mass is 16.5. The number of ether oxygens (including phenoxy) is 1. The van der Waals surface area contributed by atoms with E-state index in [1.807, 2.05) is 44.8 Å². The van der Waals surface area contributed by atoms with Gasteiger partial charge in [-0.1, -0.05) is 12.1 Å². The van der Waals surface area contributed by atoms with Gasteiger partial charge in [0.05, 0.1) is 18.3 Å². The second kappa shape index (κ2) is 5.89. The molecule has 102 valence electrons. The second-order valence-corrected chi connectivity index (χ2v) is 4.57. The fraction of sp³-hybridized carbons (Fsp3) is 0.400. The van der Waals surface area contributed by atoms with Crippen LogP contribution in [0.25, 0.3) is 0 Å². The first-order valence-electron chi connectivity index (χ1n) is 6.55. The van der Waals surface area contributed by atoms with E-state index in [0.29, 0.717) is 6.61 Å². The van der Waals surface area contributed by atoms with Crippen LogP contribution in [0.2, 0.25) is 0 Å². The Balaban J connectivity index is 2.29. The van der Waals surface area contributed by atoms with E-state index in [0.717, 1.165) is 11.4 Å². The summed E-state index contributed by atoms with van der Waals surface area (Å²) >= 11 is 0. The molecule has 1 aromatic carbocycles. The van der Waals surface area contributed by atoms with Gasteiger partial charge in [0.1, 0.15) is 5.75 Å². The van der Waals surface area contributed by atoms with Gasteiger partial charge in [0.2, 0.25) is 0 Å². The fourth-order valence-electron chi connectivity index (χ4n) is 2.33. The van der Waals surface area contributed by atoms with Gasteiger partial charge in [-0.15, -0.1) is 0 Å². The molecule has 2 rings (SSSR count).